The number of carbonyl (C=O) groups excluding carboxylic acids is 1. The molecule has 0 radical (unpaired) electrons. The molecule has 0 aliphatic rings. The summed E-state index contributed by atoms with van der Waals surface area (Å²) in [7, 11) is -2.28. The summed E-state index contributed by atoms with van der Waals surface area (Å²) in [6.45, 7) is 3.41. The molecule has 0 saturated carbocycles. The van der Waals surface area contributed by atoms with Crippen LogP contribution >= 0.6 is 27.5 Å². The van der Waals surface area contributed by atoms with Gasteiger partial charge in [-0.3, -0.25) is 0 Å². The van der Waals surface area contributed by atoms with E-state index in [2.05, 4.69) is 27.2 Å². The maximum Gasteiger partial charge on any atom is 0.341 e. The van der Waals surface area contributed by atoms with Crippen LogP contribution in [0.4, 0.5) is 0 Å². The zero-order valence-corrected chi connectivity index (χ0v) is 16.0. The summed E-state index contributed by atoms with van der Waals surface area (Å²) in [6, 6.07) is 6.04. The van der Waals surface area contributed by atoms with Crippen LogP contribution in [0.1, 0.15) is 6.42 Å². The van der Waals surface area contributed by atoms with Crippen molar-refractivity contribution in [3.8, 4) is 0 Å². The Kier molecular flexibility index (Phi) is 7.72. The quantitative estimate of drug-likeness (QED) is 0.303. The summed E-state index contributed by atoms with van der Waals surface area (Å²) in [4.78, 5) is 11.4. The fourth-order valence-corrected chi connectivity index (χ4v) is 3.59. The van der Waals surface area contributed by atoms with Gasteiger partial charge in [-0.25, -0.2) is 13.2 Å². The normalized spacial score (nSPS) is 12.8. The van der Waals surface area contributed by atoms with E-state index in [4.69, 9.17) is 11.6 Å². The highest BCUT2D eigenvalue weighted by Crippen LogP contribution is 2.20. The van der Waals surface area contributed by atoms with E-state index in [9.17, 15) is 18.3 Å². The zero-order valence-electron chi connectivity index (χ0n) is 12.8. The van der Waals surface area contributed by atoms with Crippen molar-refractivity contribution in [3.05, 3.63) is 63.8 Å². The fourth-order valence-electron chi connectivity index (χ4n) is 1.63. The highest BCUT2D eigenvalue weighted by Gasteiger charge is 2.15. The summed E-state index contributed by atoms with van der Waals surface area (Å²) < 4.78 is 29.0. The predicted molar refractivity (Wildman–Crippen MR) is 97.0 cm³/mol. The molecule has 1 N–H and O–H groups in total. The Hall–Kier alpha value is -1.57. The largest absolute Gasteiger partial charge is 0.506 e. The smallest absolute Gasteiger partial charge is 0.341 e. The topological polar surface area (TPSA) is 80.7 Å². The Morgan fingerprint density at radius 3 is 2.71 bits per heavy atom. The number of benzene rings is 1. The number of esters is 1. The van der Waals surface area contributed by atoms with Crippen LogP contribution < -0.4 is 0 Å². The van der Waals surface area contributed by atoms with E-state index in [0.717, 1.165) is 0 Å². The number of rotatable bonds is 7. The van der Waals surface area contributed by atoms with Crippen molar-refractivity contribution < 1.29 is 23.1 Å². The van der Waals surface area contributed by atoms with Crippen LogP contribution in [0.2, 0.25) is 5.02 Å². The Morgan fingerprint density at radius 2 is 2.12 bits per heavy atom. The number of carbonyl (C=O) groups is 1. The number of aliphatic hydroxyl groups is 1. The first-order valence-electron chi connectivity index (χ1n) is 6.70. The van der Waals surface area contributed by atoms with Crippen LogP contribution in [0.15, 0.2) is 63.7 Å². The molecule has 0 aromatic heterocycles. The Labute approximate surface area is 154 Å². The van der Waals surface area contributed by atoms with E-state index in [1.807, 2.05) is 0 Å². The van der Waals surface area contributed by atoms with E-state index in [1.54, 1.807) is 18.2 Å². The van der Waals surface area contributed by atoms with Gasteiger partial charge < -0.3 is 9.84 Å². The molecule has 24 heavy (non-hydrogen) atoms. The van der Waals surface area contributed by atoms with Gasteiger partial charge in [-0.2, -0.15) is 0 Å². The predicted octanol–water partition coefficient (Wildman–Crippen LogP) is 3.95. The second-order valence-corrected chi connectivity index (χ2v) is 8.03. The lowest BCUT2D eigenvalue weighted by Crippen LogP contribution is -2.06. The van der Waals surface area contributed by atoms with E-state index in [1.165, 1.54) is 25.3 Å². The molecular formula is C16H16BrClO5S. The van der Waals surface area contributed by atoms with Gasteiger partial charge in [-0.05, 0) is 46.6 Å². The molecule has 0 amide bonds. The molecule has 0 bridgehead atoms. The third kappa shape index (κ3) is 5.81. The minimum absolute atomic E-state index is 0.122. The molecule has 1 aromatic carbocycles. The average molecular weight is 436 g/mol. The minimum atomic E-state index is -3.46. The maximum atomic E-state index is 12.2. The van der Waals surface area contributed by atoms with Crippen molar-refractivity contribution in [2.24, 2.45) is 0 Å². The molecule has 0 spiro atoms. The average Bonchev–Trinajstić information content (AvgIpc) is 2.56. The van der Waals surface area contributed by atoms with Crippen molar-refractivity contribution in [2.45, 2.75) is 11.3 Å². The first kappa shape index (κ1) is 20.5. The van der Waals surface area contributed by atoms with Gasteiger partial charge in [-0.1, -0.05) is 30.3 Å². The molecule has 0 aliphatic carbocycles. The Balaban J connectivity index is 2.74. The second-order valence-electron chi connectivity index (χ2n) is 4.63. The molecule has 1 rings (SSSR count). The number of halogens is 2. The first-order chi connectivity index (χ1) is 11.2. The van der Waals surface area contributed by atoms with E-state index < -0.39 is 15.8 Å². The van der Waals surface area contributed by atoms with Gasteiger partial charge >= 0.3 is 5.97 Å². The van der Waals surface area contributed by atoms with E-state index >= 15 is 0 Å². The molecule has 0 aliphatic heterocycles. The molecule has 0 unspecified atom stereocenters. The number of hydrogen-bond donors (Lipinski definition) is 1. The molecule has 5 nitrogen and oxygen atoms in total. The summed E-state index contributed by atoms with van der Waals surface area (Å²) in [6.07, 6.45) is 3.20. The van der Waals surface area contributed by atoms with Crippen molar-refractivity contribution in [1.29, 1.82) is 0 Å². The number of sulfone groups is 1. The van der Waals surface area contributed by atoms with Gasteiger partial charge in [0, 0.05) is 5.02 Å². The molecule has 0 fully saturated rings. The number of methoxy groups -OCH3 is 1. The number of aliphatic hydroxyl groups excluding tert-OH is 1. The van der Waals surface area contributed by atoms with Gasteiger partial charge in [0.2, 0.25) is 0 Å². The molecule has 0 saturated heterocycles. The Morgan fingerprint density at radius 1 is 1.46 bits per heavy atom. The van der Waals surface area contributed by atoms with Crippen LogP contribution in [0, 0.1) is 0 Å². The maximum absolute atomic E-state index is 12.2. The highest BCUT2D eigenvalue weighted by molar-refractivity contribution is 9.11. The SMILES string of the molecule is C=C(C(=O)OC)/C(O)=C(Br)\C=C/CCS(=O)(=O)c1cccc(Cl)c1. The minimum Gasteiger partial charge on any atom is -0.506 e. The van der Waals surface area contributed by atoms with Gasteiger partial charge in [0.25, 0.3) is 0 Å². The van der Waals surface area contributed by atoms with E-state index in [0.29, 0.717) is 5.02 Å². The molecular weight excluding hydrogens is 420 g/mol. The zero-order chi connectivity index (χ0) is 18.3. The second kappa shape index (κ2) is 9.05. The molecule has 1 aromatic rings. The van der Waals surface area contributed by atoms with Gasteiger partial charge in [0.1, 0.15) is 5.76 Å². The first-order valence-corrected chi connectivity index (χ1v) is 9.52. The lowest BCUT2D eigenvalue weighted by Gasteiger charge is -2.04. The third-order valence-corrected chi connectivity index (χ3v) is 5.54. The molecule has 8 heteroatoms. The van der Waals surface area contributed by atoms with Crippen LogP contribution in [-0.4, -0.2) is 32.4 Å². The van der Waals surface area contributed by atoms with Crippen molar-refractivity contribution >= 4 is 43.3 Å². The summed E-state index contributed by atoms with van der Waals surface area (Å²) in [5.74, 6) is -1.26. The van der Waals surface area contributed by atoms with Crippen LogP contribution in [0.5, 0.6) is 0 Å². The number of allylic oxidation sites excluding steroid dienone is 3. The van der Waals surface area contributed by atoms with Gasteiger partial charge in [-0.15, -0.1) is 0 Å². The lowest BCUT2D eigenvalue weighted by molar-refractivity contribution is -0.136. The Bertz CT molecular complexity index is 796. The molecule has 0 heterocycles. The monoisotopic (exact) mass is 434 g/mol. The molecule has 0 atom stereocenters. The van der Waals surface area contributed by atoms with E-state index in [-0.39, 0.29) is 32.9 Å². The lowest BCUT2D eigenvalue weighted by atomic mass is 10.2. The van der Waals surface area contributed by atoms with Crippen LogP contribution in [0.3, 0.4) is 0 Å². The summed E-state index contributed by atoms with van der Waals surface area (Å²) in [5.41, 5.74) is -0.208. The van der Waals surface area contributed by atoms with Crippen LogP contribution in [-0.2, 0) is 19.4 Å². The third-order valence-electron chi connectivity index (χ3n) is 2.92. The van der Waals surface area contributed by atoms with Crippen LogP contribution in [0.25, 0.3) is 0 Å². The van der Waals surface area contributed by atoms with Gasteiger partial charge in [0.05, 0.1) is 27.8 Å². The van der Waals surface area contributed by atoms with Crippen molar-refractivity contribution in [3.63, 3.8) is 0 Å². The summed E-state index contributed by atoms with van der Waals surface area (Å²) in [5, 5.41) is 10.2. The number of ether oxygens (including phenoxy) is 1. The summed E-state index contributed by atoms with van der Waals surface area (Å²) >= 11 is 8.88. The standard InChI is InChI=1S/C16H16BrClO5S/c1-11(16(20)23-2)15(19)14(17)8-3-4-9-24(21,22)13-7-5-6-12(18)10-13/h3,5-8,10,19H,1,4,9H2,2H3/b8-3-,15-14-. The molecule has 130 valence electrons. The highest BCUT2D eigenvalue weighted by atomic mass is 79.9. The fraction of sp³-hybridized carbons (Fsp3) is 0.188. The van der Waals surface area contributed by atoms with Crippen molar-refractivity contribution in [2.75, 3.05) is 12.9 Å². The van der Waals surface area contributed by atoms with Gasteiger partial charge in [0.15, 0.2) is 9.84 Å². The number of hydrogen-bond acceptors (Lipinski definition) is 5. The van der Waals surface area contributed by atoms with Crippen molar-refractivity contribution in [1.82, 2.24) is 0 Å².